The second-order valence-corrected chi connectivity index (χ2v) is 4.98. The highest BCUT2D eigenvalue weighted by molar-refractivity contribution is 9.10. The molecular weight excluding hydrogens is 327 g/mol. The van der Waals surface area contributed by atoms with Gasteiger partial charge < -0.3 is 10.5 Å². The molecule has 0 spiro atoms. The van der Waals surface area contributed by atoms with Gasteiger partial charge in [-0.2, -0.15) is 0 Å². The quantitative estimate of drug-likeness (QED) is 0.821. The minimum absolute atomic E-state index is 0.281. The molecule has 0 aliphatic heterocycles. The highest BCUT2D eigenvalue weighted by Gasteiger charge is 2.08. The number of halogens is 3. The Kier molecular flexibility index (Phi) is 3.76. The minimum atomic E-state index is 0.281. The number of nitrogens with zero attached hydrogens (tertiary/aromatic N) is 1. The Hall–Kier alpha value is -0.970. The van der Waals surface area contributed by atoms with Crippen LogP contribution in [0.2, 0.25) is 10.0 Å². The van der Waals surface area contributed by atoms with Gasteiger partial charge in [-0.15, -0.1) is 0 Å². The number of hydrogen-bond acceptors (Lipinski definition) is 3. The number of rotatable bonds is 2. The van der Waals surface area contributed by atoms with Gasteiger partial charge in [0, 0.05) is 21.8 Å². The van der Waals surface area contributed by atoms with Gasteiger partial charge in [0.2, 0.25) is 5.88 Å². The summed E-state index contributed by atoms with van der Waals surface area (Å²) < 4.78 is 6.27. The lowest BCUT2D eigenvalue weighted by Gasteiger charge is -2.09. The number of aromatic nitrogens is 1. The summed E-state index contributed by atoms with van der Waals surface area (Å²) in [4.78, 5) is 4.04. The average molecular weight is 334 g/mol. The molecule has 2 rings (SSSR count). The Labute approximate surface area is 117 Å². The van der Waals surface area contributed by atoms with Gasteiger partial charge in [0.15, 0.2) is 5.75 Å². The third kappa shape index (κ3) is 3.03. The monoisotopic (exact) mass is 332 g/mol. The van der Waals surface area contributed by atoms with Crippen molar-refractivity contribution < 1.29 is 4.74 Å². The van der Waals surface area contributed by atoms with Crippen LogP contribution < -0.4 is 10.5 Å². The Balaban J connectivity index is 2.34. The average Bonchev–Trinajstić information content (AvgIpc) is 2.27. The van der Waals surface area contributed by atoms with Crippen molar-refractivity contribution in [1.29, 1.82) is 0 Å². The van der Waals surface area contributed by atoms with Crippen LogP contribution in [0.4, 0.5) is 5.69 Å². The van der Waals surface area contributed by atoms with Gasteiger partial charge in [-0.3, -0.25) is 0 Å². The van der Waals surface area contributed by atoms with Gasteiger partial charge in [0.05, 0.1) is 5.69 Å². The lowest BCUT2D eigenvalue weighted by molar-refractivity contribution is 0.465. The van der Waals surface area contributed by atoms with Crippen molar-refractivity contribution in [1.82, 2.24) is 4.98 Å². The Morgan fingerprint density at radius 2 is 2.00 bits per heavy atom. The van der Waals surface area contributed by atoms with Crippen molar-refractivity contribution in [3.8, 4) is 11.6 Å². The molecule has 0 amide bonds. The second kappa shape index (κ2) is 5.12. The first-order valence-corrected chi connectivity index (χ1v) is 6.15. The molecule has 0 saturated carbocycles. The fourth-order valence-electron chi connectivity index (χ4n) is 1.18. The van der Waals surface area contributed by atoms with Crippen LogP contribution in [0.3, 0.4) is 0 Å². The molecular formula is C11H7BrCl2N2O. The van der Waals surface area contributed by atoms with Crippen molar-refractivity contribution in [3.05, 3.63) is 45.0 Å². The van der Waals surface area contributed by atoms with E-state index in [-0.39, 0.29) is 5.88 Å². The van der Waals surface area contributed by atoms with Crippen molar-refractivity contribution in [3.63, 3.8) is 0 Å². The summed E-state index contributed by atoms with van der Waals surface area (Å²) in [5.74, 6) is 0.707. The molecule has 2 aromatic rings. The maximum atomic E-state index is 5.98. The van der Waals surface area contributed by atoms with Gasteiger partial charge >= 0.3 is 0 Å². The molecule has 6 heteroatoms. The van der Waals surface area contributed by atoms with E-state index in [4.69, 9.17) is 33.7 Å². The third-order valence-corrected chi connectivity index (χ3v) is 2.90. The van der Waals surface area contributed by atoms with E-state index in [9.17, 15) is 0 Å². The van der Waals surface area contributed by atoms with Crippen LogP contribution in [-0.4, -0.2) is 4.98 Å². The van der Waals surface area contributed by atoms with E-state index in [0.29, 0.717) is 21.5 Å². The van der Waals surface area contributed by atoms with E-state index >= 15 is 0 Å². The Morgan fingerprint density at radius 1 is 1.24 bits per heavy atom. The molecule has 0 unspecified atom stereocenters. The number of nitrogen functional groups attached to an aromatic ring is 1. The molecule has 1 aromatic heterocycles. The second-order valence-electron chi connectivity index (χ2n) is 3.22. The van der Waals surface area contributed by atoms with Crippen LogP contribution in [0.1, 0.15) is 0 Å². The highest BCUT2D eigenvalue weighted by Crippen LogP contribution is 2.33. The predicted octanol–water partition coefficient (Wildman–Crippen LogP) is 4.53. The Bertz CT molecular complexity index is 563. The lowest BCUT2D eigenvalue weighted by Crippen LogP contribution is -1.94. The van der Waals surface area contributed by atoms with Crippen molar-refractivity contribution in [2.24, 2.45) is 0 Å². The van der Waals surface area contributed by atoms with E-state index in [2.05, 4.69) is 20.9 Å². The molecule has 0 saturated heterocycles. The maximum absolute atomic E-state index is 5.98. The predicted molar refractivity (Wildman–Crippen MR) is 72.9 cm³/mol. The molecule has 1 aromatic carbocycles. The Morgan fingerprint density at radius 3 is 2.71 bits per heavy atom. The molecule has 0 aliphatic rings. The van der Waals surface area contributed by atoms with Crippen molar-refractivity contribution in [2.45, 2.75) is 0 Å². The van der Waals surface area contributed by atoms with Gasteiger partial charge in [0.1, 0.15) is 5.02 Å². The van der Waals surface area contributed by atoms with Gasteiger partial charge in [0.25, 0.3) is 0 Å². The fourth-order valence-corrected chi connectivity index (χ4v) is 2.01. The number of pyridine rings is 1. The zero-order valence-corrected chi connectivity index (χ0v) is 11.6. The largest absolute Gasteiger partial charge is 0.435 e. The van der Waals surface area contributed by atoms with Gasteiger partial charge in [-0.1, -0.05) is 23.2 Å². The van der Waals surface area contributed by atoms with Crippen LogP contribution >= 0.6 is 39.1 Å². The fraction of sp³-hybridized carbons (Fsp3) is 0. The van der Waals surface area contributed by atoms with E-state index in [1.54, 1.807) is 30.5 Å². The maximum Gasteiger partial charge on any atom is 0.238 e. The summed E-state index contributed by atoms with van der Waals surface area (Å²) in [5, 5.41) is 0.918. The first kappa shape index (κ1) is 12.5. The number of ether oxygens (including phenoxy) is 1. The van der Waals surface area contributed by atoms with E-state index < -0.39 is 0 Å². The van der Waals surface area contributed by atoms with Crippen LogP contribution in [0.15, 0.2) is 34.9 Å². The first-order chi connectivity index (χ1) is 8.06. The molecule has 0 radical (unpaired) electrons. The van der Waals surface area contributed by atoms with Crippen LogP contribution in [-0.2, 0) is 0 Å². The summed E-state index contributed by atoms with van der Waals surface area (Å²) in [7, 11) is 0. The standard InChI is InChI=1S/C11H7BrCl2N2O/c12-6-3-8(14)11(16-5-6)17-10-4-7(13)1-2-9(10)15/h1-5H,15H2. The van der Waals surface area contributed by atoms with Gasteiger partial charge in [-0.05, 0) is 34.1 Å². The van der Waals surface area contributed by atoms with E-state index in [0.717, 1.165) is 4.47 Å². The summed E-state index contributed by atoms with van der Waals surface area (Å²) in [6.45, 7) is 0. The summed E-state index contributed by atoms with van der Waals surface area (Å²) in [6.07, 6.45) is 1.59. The zero-order valence-electron chi connectivity index (χ0n) is 8.45. The zero-order chi connectivity index (χ0) is 12.4. The summed E-state index contributed by atoms with van der Waals surface area (Å²) in [5.41, 5.74) is 6.22. The van der Waals surface area contributed by atoms with Crippen LogP contribution in [0.5, 0.6) is 11.6 Å². The summed E-state index contributed by atoms with van der Waals surface area (Å²) in [6, 6.07) is 6.63. The number of benzene rings is 1. The highest BCUT2D eigenvalue weighted by atomic mass is 79.9. The molecule has 88 valence electrons. The molecule has 17 heavy (non-hydrogen) atoms. The normalized spacial score (nSPS) is 10.3. The van der Waals surface area contributed by atoms with Crippen molar-refractivity contribution in [2.75, 3.05) is 5.73 Å². The minimum Gasteiger partial charge on any atom is -0.435 e. The number of hydrogen-bond donors (Lipinski definition) is 1. The molecule has 3 nitrogen and oxygen atoms in total. The topological polar surface area (TPSA) is 48.1 Å². The van der Waals surface area contributed by atoms with Crippen LogP contribution in [0.25, 0.3) is 0 Å². The molecule has 2 N–H and O–H groups in total. The SMILES string of the molecule is Nc1ccc(Cl)cc1Oc1ncc(Br)cc1Cl. The van der Waals surface area contributed by atoms with Gasteiger partial charge in [-0.25, -0.2) is 4.98 Å². The van der Waals surface area contributed by atoms with E-state index in [1.165, 1.54) is 0 Å². The van der Waals surface area contributed by atoms with Crippen LogP contribution in [0, 0.1) is 0 Å². The third-order valence-electron chi connectivity index (χ3n) is 1.96. The number of nitrogens with two attached hydrogens (primary N) is 1. The molecule has 0 atom stereocenters. The number of anilines is 1. The first-order valence-electron chi connectivity index (χ1n) is 4.60. The summed E-state index contributed by atoms with van der Waals surface area (Å²) >= 11 is 15.1. The lowest BCUT2D eigenvalue weighted by atomic mass is 10.3. The molecule has 0 bridgehead atoms. The van der Waals surface area contributed by atoms with Crippen molar-refractivity contribution >= 4 is 44.8 Å². The van der Waals surface area contributed by atoms with E-state index in [1.807, 2.05) is 0 Å². The molecule has 0 fully saturated rings. The molecule has 0 aliphatic carbocycles. The molecule has 1 heterocycles. The smallest absolute Gasteiger partial charge is 0.238 e.